The van der Waals surface area contributed by atoms with Crippen LogP contribution in [0.5, 0.6) is 0 Å². The third-order valence-electron chi connectivity index (χ3n) is 2.47. The predicted octanol–water partition coefficient (Wildman–Crippen LogP) is 2.72. The van der Waals surface area contributed by atoms with Crippen molar-refractivity contribution in [2.45, 2.75) is 32.7 Å². The minimum atomic E-state index is -0.507. The summed E-state index contributed by atoms with van der Waals surface area (Å²) in [5, 5.41) is 0. The number of benzene rings is 1. The summed E-state index contributed by atoms with van der Waals surface area (Å²) in [5.41, 5.74) is 6.28. The Bertz CT molecular complexity index is 311. The fraction of sp³-hybridized carbons (Fsp3) is 0.455. The van der Waals surface area contributed by atoms with Gasteiger partial charge < -0.3 is 5.73 Å². The summed E-state index contributed by atoms with van der Waals surface area (Å²) in [6.45, 7) is 5.12. The van der Waals surface area contributed by atoms with Crippen molar-refractivity contribution in [1.82, 2.24) is 0 Å². The van der Waals surface area contributed by atoms with Crippen LogP contribution < -0.4 is 5.73 Å². The third-order valence-corrected chi connectivity index (χ3v) is 2.47. The van der Waals surface area contributed by atoms with Crippen molar-refractivity contribution >= 4 is 0 Å². The average Bonchev–Trinajstić information content (AvgIpc) is 2.01. The minimum absolute atomic E-state index is 0.0885. The Kier molecular flexibility index (Phi) is 3.21. The number of nitrogens with two attached hydrogens (primary N) is 1. The van der Waals surface area contributed by atoms with Crippen LogP contribution >= 0.6 is 0 Å². The van der Waals surface area contributed by atoms with Crippen LogP contribution in [0.15, 0.2) is 12.1 Å². The molecule has 0 saturated carbocycles. The molecule has 1 rings (SSSR count). The second kappa shape index (κ2) is 4.05. The molecular weight excluding hydrogens is 184 g/mol. The SMILES string of the molecule is Cc1cc(F)c(C(C)C(C)N)c(F)c1. The van der Waals surface area contributed by atoms with Crippen LogP contribution in [0.25, 0.3) is 0 Å². The lowest BCUT2D eigenvalue weighted by molar-refractivity contribution is 0.502. The number of hydrogen-bond donors (Lipinski definition) is 1. The summed E-state index contributed by atoms with van der Waals surface area (Å²) in [6.07, 6.45) is 0. The highest BCUT2D eigenvalue weighted by Gasteiger charge is 2.19. The van der Waals surface area contributed by atoms with Gasteiger partial charge in [0.05, 0.1) is 0 Å². The Hall–Kier alpha value is -0.960. The highest BCUT2D eigenvalue weighted by molar-refractivity contribution is 5.28. The third kappa shape index (κ3) is 2.10. The summed E-state index contributed by atoms with van der Waals surface area (Å²) >= 11 is 0. The molecule has 0 amide bonds. The zero-order valence-corrected chi connectivity index (χ0v) is 8.64. The van der Waals surface area contributed by atoms with Crippen molar-refractivity contribution in [2.24, 2.45) is 5.73 Å². The van der Waals surface area contributed by atoms with Gasteiger partial charge in [0, 0.05) is 17.5 Å². The molecule has 2 N–H and O–H groups in total. The Balaban J connectivity index is 3.20. The van der Waals surface area contributed by atoms with Crippen LogP contribution in [-0.4, -0.2) is 6.04 Å². The fourth-order valence-electron chi connectivity index (χ4n) is 1.41. The van der Waals surface area contributed by atoms with E-state index >= 15 is 0 Å². The zero-order valence-electron chi connectivity index (χ0n) is 8.64. The minimum Gasteiger partial charge on any atom is -0.327 e. The quantitative estimate of drug-likeness (QED) is 0.778. The van der Waals surface area contributed by atoms with E-state index in [2.05, 4.69) is 0 Å². The Morgan fingerprint density at radius 3 is 1.93 bits per heavy atom. The first kappa shape index (κ1) is 11.1. The van der Waals surface area contributed by atoms with Gasteiger partial charge in [0.25, 0.3) is 0 Å². The van der Waals surface area contributed by atoms with E-state index in [1.807, 2.05) is 0 Å². The molecule has 0 saturated heterocycles. The smallest absolute Gasteiger partial charge is 0.129 e. The van der Waals surface area contributed by atoms with Gasteiger partial charge in [0.15, 0.2) is 0 Å². The van der Waals surface area contributed by atoms with E-state index < -0.39 is 11.6 Å². The summed E-state index contributed by atoms with van der Waals surface area (Å²) < 4.78 is 26.9. The van der Waals surface area contributed by atoms with Crippen LogP contribution in [0, 0.1) is 18.6 Å². The highest BCUT2D eigenvalue weighted by atomic mass is 19.1. The molecule has 1 aromatic rings. The van der Waals surface area contributed by atoms with E-state index in [0.717, 1.165) is 0 Å². The van der Waals surface area contributed by atoms with E-state index in [0.29, 0.717) is 5.56 Å². The summed E-state index contributed by atoms with van der Waals surface area (Å²) in [5.74, 6) is -1.32. The molecule has 1 nitrogen and oxygen atoms in total. The zero-order chi connectivity index (χ0) is 10.9. The topological polar surface area (TPSA) is 26.0 Å². The molecule has 0 heterocycles. The molecular formula is C11H15F2N. The molecule has 0 aliphatic heterocycles. The van der Waals surface area contributed by atoms with Crippen LogP contribution in [-0.2, 0) is 0 Å². The van der Waals surface area contributed by atoms with Crippen LogP contribution in [0.2, 0.25) is 0 Å². The van der Waals surface area contributed by atoms with E-state index in [-0.39, 0.29) is 17.5 Å². The maximum atomic E-state index is 13.4. The molecule has 1 aromatic carbocycles. The lowest BCUT2D eigenvalue weighted by Gasteiger charge is -2.17. The van der Waals surface area contributed by atoms with Gasteiger partial charge in [0.1, 0.15) is 11.6 Å². The highest BCUT2D eigenvalue weighted by Crippen LogP contribution is 2.25. The van der Waals surface area contributed by atoms with Gasteiger partial charge in [-0.1, -0.05) is 6.92 Å². The van der Waals surface area contributed by atoms with Crippen molar-refractivity contribution in [3.63, 3.8) is 0 Å². The molecule has 0 bridgehead atoms. The van der Waals surface area contributed by atoms with Crippen LogP contribution in [0.3, 0.4) is 0 Å². The molecule has 0 spiro atoms. The molecule has 3 heteroatoms. The Labute approximate surface area is 82.9 Å². The van der Waals surface area contributed by atoms with E-state index in [1.165, 1.54) is 12.1 Å². The lowest BCUT2D eigenvalue weighted by Crippen LogP contribution is -2.24. The van der Waals surface area contributed by atoms with Crippen LogP contribution in [0.1, 0.15) is 30.9 Å². The average molecular weight is 199 g/mol. The van der Waals surface area contributed by atoms with Crippen molar-refractivity contribution in [1.29, 1.82) is 0 Å². The first-order chi connectivity index (χ1) is 6.43. The summed E-state index contributed by atoms with van der Waals surface area (Å²) in [7, 11) is 0. The van der Waals surface area contributed by atoms with Crippen LogP contribution in [0.4, 0.5) is 8.78 Å². The molecule has 0 radical (unpaired) electrons. The first-order valence-corrected chi connectivity index (χ1v) is 4.64. The van der Waals surface area contributed by atoms with E-state index in [9.17, 15) is 8.78 Å². The van der Waals surface area contributed by atoms with Crippen molar-refractivity contribution < 1.29 is 8.78 Å². The summed E-state index contributed by atoms with van der Waals surface area (Å²) in [6, 6.07) is 2.40. The lowest BCUT2D eigenvalue weighted by atomic mass is 9.93. The standard InChI is InChI=1S/C11H15F2N/c1-6-4-9(12)11(10(13)5-6)7(2)8(3)14/h4-5,7-8H,14H2,1-3H3. The second-order valence-corrected chi connectivity index (χ2v) is 3.79. The van der Waals surface area contributed by atoms with Gasteiger partial charge in [-0.15, -0.1) is 0 Å². The normalized spacial score (nSPS) is 15.3. The molecule has 2 unspecified atom stereocenters. The predicted molar refractivity (Wildman–Crippen MR) is 53.2 cm³/mol. The largest absolute Gasteiger partial charge is 0.327 e. The Morgan fingerprint density at radius 2 is 1.57 bits per heavy atom. The Morgan fingerprint density at radius 1 is 1.14 bits per heavy atom. The number of aryl methyl sites for hydroxylation is 1. The van der Waals surface area contributed by atoms with Crippen molar-refractivity contribution in [2.75, 3.05) is 0 Å². The van der Waals surface area contributed by atoms with Gasteiger partial charge in [-0.05, 0) is 31.5 Å². The monoisotopic (exact) mass is 199 g/mol. The number of rotatable bonds is 2. The molecule has 0 aliphatic carbocycles. The summed E-state index contributed by atoms with van der Waals surface area (Å²) in [4.78, 5) is 0. The van der Waals surface area contributed by atoms with Crippen molar-refractivity contribution in [3.05, 3.63) is 34.9 Å². The first-order valence-electron chi connectivity index (χ1n) is 4.64. The molecule has 0 aliphatic rings. The van der Waals surface area contributed by atoms with Gasteiger partial charge in [-0.25, -0.2) is 8.78 Å². The number of hydrogen-bond acceptors (Lipinski definition) is 1. The van der Waals surface area contributed by atoms with Gasteiger partial charge in [-0.2, -0.15) is 0 Å². The van der Waals surface area contributed by atoms with E-state index in [1.54, 1.807) is 20.8 Å². The van der Waals surface area contributed by atoms with Gasteiger partial charge >= 0.3 is 0 Å². The number of halogens is 2. The molecule has 2 atom stereocenters. The fourth-order valence-corrected chi connectivity index (χ4v) is 1.41. The maximum Gasteiger partial charge on any atom is 0.129 e. The maximum absolute atomic E-state index is 13.4. The van der Waals surface area contributed by atoms with E-state index in [4.69, 9.17) is 5.73 Å². The molecule has 78 valence electrons. The molecule has 14 heavy (non-hydrogen) atoms. The van der Waals surface area contributed by atoms with Crippen molar-refractivity contribution in [3.8, 4) is 0 Å². The van der Waals surface area contributed by atoms with Gasteiger partial charge in [0.2, 0.25) is 0 Å². The molecule has 0 fully saturated rings. The van der Waals surface area contributed by atoms with Gasteiger partial charge in [-0.3, -0.25) is 0 Å². The molecule has 0 aromatic heterocycles. The second-order valence-electron chi connectivity index (χ2n) is 3.79.